The maximum Gasteiger partial charge on any atom is 0.513 e. The lowest BCUT2D eigenvalue weighted by Gasteiger charge is -2.47. The molecule has 3 rings (SSSR count). The van der Waals surface area contributed by atoms with Crippen LogP contribution in [0.2, 0.25) is 0 Å². The van der Waals surface area contributed by atoms with Gasteiger partial charge < -0.3 is 4.74 Å². The molecular formula is C24H23F6NO5S3. The Hall–Kier alpha value is -2.75. The van der Waals surface area contributed by atoms with Crippen molar-refractivity contribution in [3.8, 4) is 5.75 Å². The van der Waals surface area contributed by atoms with Crippen molar-refractivity contribution in [2.24, 2.45) is 0 Å². The number of alkyl halides is 6. The molecule has 0 heterocycles. The van der Waals surface area contributed by atoms with Crippen LogP contribution in [0.25, 0.3) is 0 Å². The number of aryl methyl sites for hydroxylation is 2. The summed E-state index contributed by atoms with van der Waals surface area (Å²) in [4.78, 5) is -1.23. The fraction of sp³-hybridized carbons (Fsp3) is 0.250. The Balaban J connectivity index is 2.69. The van der Waals surface area contributed by atoms with Crippen LogP contribution in [-0.2, 0) is 20.0 Å². The van der Waals surface area contributed by atoms with E-state index in [4.69, 9.17) is 4.74 Å². The first-order chi connectivity index (χ1) is 17.9. The zero-order chi connectivity index (χ0) is 29.4. The highest BCUT2D eigenvalue weighted by atomic mass is 32.4. The maximum atomic E-state index is 14.1. The molecule has 0 fully saturated rings. The van der Waals surface area contributed by atoms with Crippen molar-refractivity contribution < 1.29 is 47.9 Å². The number of sulfonamides is 2. The number of benzene rings is 3. The van der Waals surface area contributed by atoms with Crippen LogP contribution < -0.4 is 4.74 Å². The van der Waals surface area contributed by atoms with Gasteiger partial charge in [-0.15, -0.1) is 0 Å². The smallest absolute Gasteiger partial charge is 0.494 e. The van der Waals surface area contributed by atoms with Gasteiger partial charge in [0.1, 0.15) is 5.75 Å². The van der Waals surface area contributed by atoms with Gasteiger partial charge in [0.2, 0.25) is 0 Å². The molecule has 39 heavy (non-hydrogen) atoms. The lowest BCUT2D eigenvalue weighted by atomic mass is 10.2. The molecule has 3 aromatic rings. The predicted octanol–water partition coefficient (Wildman–Crippen LogP) is 6.90. The summed E-state index contributed by atoms with van der Waals surface area (Å²) in [5.74, 6) is 0.172. The summed E-state index contributed by atoms with van der Waals surface area (Å²) in [5, 5.41) is 0. The monoisotopic (exact) mass is 615 g/mol. The predicted molar refractivity (Wildman–Crippen MR) is 134 cm³/mol. The second kappa shape index (κ2) is 10.7. The number of halogens is 6. The van der Waals surface area contributed by atoms with Gasteiger partial charge in [-0.3, -0.25) is 0 Å². The van der Waals surface area contributed by atoms with Crippen molar-refractivity contribution in [3.63, 3.8) is 0 Å². The minimum atomic E-state index is -7.19. The normalized spacial score (nSPS) is 13.9. The van der Waals surface area contributed by atoms with Crippen molar-refractivity contribution in [1.29, 1.82) is 0 Å². The highest BCUT2D eigenvalue weighted by Crippen LogP contribution is 2.74. The van der Waals surface area contributed by atoms with Crippen LogP contribution in [0, 0.1) is 13.8 Å². The molecular weight excluding hydrogens is 592 g/mol. The average molecular weight is 616 g/mol. The third-order valence-corrected chi connectivity index (χ3v) is 14.4. The summed E-state index contributed by atoms with van der Waals surface area (Å²) in [5.41, 5.74) is -11.8. The van der Waals surface area contributed by atoms with E-state index < -0.39 is 59.1 Å². The Labute approximate surface area is 223 Å². The van der Waals surface area contributed by atoms with Crippen LogP contribution in [0.1, 0.15) is 18.1 Å². The molecule has 0 aromatic heterocycles. The SMILES string of the molecule is CCOc1ccc(S(c2ccc(C)cc2)(c2ccc(C)cc2)N(S(=O)(=O)C(F)(F)F)S(=O)(=O)C(F)(F)F)cc1. The summed E-state index contributed by atoms with van der Waals surface area (Å²) in [6.07, 6.45) is 0. The third kappa shape index (κ3) is 5.49. The van der Waals surface area contributed by atoms with E-state index in [0.29, 0.717) is 11.1 Å². The van der Waals surface area contributed by atoms with Gasteiger partial charge in [-0.25, -0.2) is 16.8 Å². The standard InChI is InChI=1S/C24H23F6NO5S3/c1-4-36-19-9-15-22(16-10-19)37(20-11-5-17(2)6-12-20,21-13-7-18(3)8-14-21)31(38(32,33)23(25,26)27)39(34,35)24(28,29)30/h5-16H,4H2,1-3H3. The fourth-order valence-corrected chi connectivity index (χ4v) is 12.8. The van der Waals surface area contributed by atoms with Gasteiger partial charge in [0, 0.05) is 14.7 Å². The Bertz CT molecular complexity index is 1430. The maximum absolute atomic E-state index is 14.1. The van der Waals surface area contributed by atoms with Crippen LogP contribution in [-0.4, -0.2) is 37.6 Å². The Morgan fingerprint density at radius 3 is 1.21 bits per heavy atom. The quantitative estimate of drug-likeness (QED) is 0.258. The topological polar surface area (TPSA) is 80.8 Å². The zero-order valence-electron chi connectivity index (χ0n) is 20.6. The van der Waals surface area contributed by atoms with Gasteiger partial charge in [0.25, 0.3) is 0 Å². The first kappa shape index (κ1) is 30.8. The molecule has 0 saturated carbocycles. The summed E-state index contributed by atoms with van der Waals surface area (Å²) < 4.78 is 141. The first-order valence-corrected chi connectivity index (χ1v) is 15.5. The molecule has 15 heteroatoms. The van der Waals surface area contributed by atoms with Crippen molar-refractivity contribution in [3.05, 3.63) is 83.9 Å². The highest BCUT2D eigenvalue weighted by Gasteiger charge is 2.67. The van der Waals surface area contributed by atoms with Gasteiger partial charge in [-0.2, -0.15) is 26.3 Å². The molecule has 0 N–H and O–H groups in total. The molecule has 0 bridgehead atoms. The largest absolute Gasteiger partial charge is 0.513 e. The molecule has 214 valence electrons. The van der Waals surface area contributed by atoms with E-state index in [1.54, 1.807) is 20.8 Å². The highest BCUT2D eigenvalue weighted by molar-refractivity contribution is 8.41. The number of nitrogens with zero attached hydrogens (tertiary/aromatic N) is 1. The lowest BCUT2D eigenvalue weighted by Crippen LogP contribution is -2.50. The van der Waals surface area contributed by atoms with Crippen molar-refractivity contribution in [2.45, 2.75) is 46.5 Å². The zero-order valence-corrected chi connectivity index (χ0v) is 23.1. The average Bonchev–Trinajstić information content (AvgIpc) is 2.83. The number of hydrogen-bond acceptors (Lipinski definition) is 5. The molecule has 0 saturated heterocycles. The Kier molecular flexibility index (Phi) is 8.42. The first-order valence-electron chi connectivity index (χ1n) is 11.0. The van der Waals surface area contributed by atoms with E-state index in [1.807, 2.05) is 0 Å². The van der Waals surface area contributed by atoms with E-state index in [1.165, 1.54) is 36.4 Å². The Morgan fingerprint density at radius 2 is 0.923 bits per heavy atom. The molecule has 0 radical (unpaired) electrons. The minimum Gasteiger partial charge on any atom is -0.494 e. The van der Waals surface area contributed by atoms with Gasteiger partial charge in [0.15, 0.2) is 0 Å². The van der Waals surface area contributed by atoms with Gasteiger partial charge in [0.05, 0.1) is 6.61 Å². The van der Waals surface area contributed by atoms with E-state index in [0.717, 1.165) is 36.4 Å². The van der Waals surface area contributed by atoms with Crippen LogP contribution >= 0.6 is 10.2 Å². The van der Waals surface area contributed by atoms with E-state index in [2.05, 4.69) is 0 Å². The van der Waals surface area contributed by atoms with Crippen molar-refractivity contribution in [2.75, 3.05) is 6.61 Å². The summed E-state index contributed by atoms with van der Waals surface area (Å²) in [7, 11) is -18.9. The second-order valence-corrected chi connectivity index (χ2v) is 15.4. The van der Waals surface area contributed by atoms with Gasteiger partial charge in [-0.1, -0.05) is 45.6 Å². The number of rotatable bonds is 8. The van der Waals surface area contributed by atoms with Crippen LogP contribution in [0.15, 0.2) is 87.5 Å². The second-order valence-electron chi connectivity index (χ2n) is 8.18. The van der Waals surface area contributed by atoms with E-state index in [-0.39, 0.29) is 12.4 Å². The number of ether oxygens (including phenoxy) is 1. The molecule has 0 spiro atoms. The molecule has 0 aliphatic carbocycles. The lowest BCUT2D eigenvalue weighted by molar-refractivity contribution is -0.0505. The summed E-state index contributed by atoms with van der Waals surface area (Å²) in [6, 6.07) is 14.3. The minimum absolute atomic E-state index is 0.171. The number of hydrogen-bond donors (Lipinski definition) is 0. The fourth-order valence-electron chi connectivity index (χ4n) is 3.63. The van der Waals surface area contributed by atoms with Gasteiger partial charge in [-0.05, 0) is 72.4 Å². The molecule has 0 aliphatic rings. The Morgan fingerprint density at radius 1 is 0.615 bits per heavy atom. The van der Waals surface area contributed by atoms with Crippen LogP contribution in [0.5, 0.6) is 5.75 Å². The summed E-state index contributed by atoms with van der Waals surface area (Å²) in [6.45, 7) is 4.97. The van der Waals surface area contributed by atoms with E-state index in [9.17, 15) is 43.2 Å². The molecule has 0 atom stereocenters. The third-order valence-electron chi connectivity index (χ3n) is 5.40. The van der Waals surface area contributed by atoms with Crippen LogP contribution in [0.4, 0.5) is 26.3 Å². The van der Waals surface area contributed by atoms with Crippen molar-refractivity contribution in [1.82, 2.24) is 3.12 Å². The molecule has 0 amide bonds. The van der Waals surface area contributed by atoms with Crippen molar-refractivity contribution >= 4 is 30.3 Å². The molecule has 6 nitrogen and oxygen atoms in total. The van der Waals surface area contributed by atoms with Gasteiger partial charge >= 0.3 is 31.1 Å². The van der Waals surface area contributed by atoms with Crippen LogP contribution in [0.3, 0.4) is 0 Å². The summed E-state index contributed by atoms with van der Waals surface area (Å²) >= 11 is 0. The molecule has 3 aromatic carbocycles. The van der Waals surface area contributed by atoms with E-state index >= 15 is 0 Å². The molecule has 0 aliphatic heterocycles. The molecule has 0 unspecified atom stereocenters.